The molecule has 2 aromatic rings. The van der Waals surface area contributed by atoms with Crippen molar-refractivity contribution >= 4 is 17.5 Å². The third kappa shape index (κ3) is 3.36. The third-order valence-electron chi connectivity index (χ3n) is 3.29. The summed E-state index contributed by atoms with van der Waals surface area (Å²) in [4.78, 5) is 16.4. The summed E-state index contributed by atoms with van der Waals surface area (Å²) in [6.07, 6.45) is 3.45. The Kier molecular flexibility index (Phi) is 4.40. The van der Waals surface area contributed by atoms with Crippen LogP contribution in [-0.2, 0) is 16.8 Å². The molecule has 0 unspecified atom stereocenters. The van der Waals surface area contributed by atoms with E-state index < -0.39 is 5.41 Å². The van der Waals surface area contributed by atoms with E-state index >= 15 is 0 Å². The van der Waals surface area contributed by atoms with Gasteiger partial charge < -0.3 is 5.32 Å². The largest absolute Gasteiger partial charge is 0.351 e. The number of benzene rings is 1. The van der Waals surface area contributed by atoms with Gasteiger partial charge in [-0.2, -0.15) is 0 Å². The van der Waals surface area contributed by atoms with Gasteiger partial charge in [-0.1, -0.05) is 29.8 Å². The standard InChI is InChI=1S/C16H17ClN2O/c1-16(2,13-6-3-7-14(17)9-13)15(20)19-11-12-5-4-8-18-10-12/h3-10H,11H2,1-2H3,(H,19,20). The van der Waals surface area contributed by atoms with Crippen molar-refractivity contribution in [2.45, 2.75) is 25.8 Å². The van der Waals surface area contributed by atoms with Gasteiger partial charge in [-0.3, -0.25) is 9.78 Å². The molecule has 0 atom stereocenters. The van der Waals surface area contributed by atoms with E-state index in [1.807, 2.05) is 44.2 Å². The van der Waals surface area contributed by atoms with E-state index in [1.165, 1.54) is 0 Å². The van der Waals surface area contributed by atoms with Gasteiger partial charge >= 0.3 is 0 Å². The highest BCUT2D eigenvalue weighted by atomic mass is 35.5. The first-order valence-electron chi connectivity index (χ1n) is 6.43. The lowest BCUT2D eigenvalue weighted by Crippen LogP contribution is -2.39. The minimum atomic E-state index is -0.632. The molecule has 1 heterocycles. The fourth-order valence-corrected chi connectivity index (χ4v) is 2.10. The Balaban J connectivity index is 2.07. The third-order valence-corrected chi connectivity index (χ3v) is 3.52. The predicted molar refractivity (Wildman–Crippen MR) is 80.6 cm³/mol. The molecule has 0 aliphatic carbocycles. The minimum absolute atomic E-state index is 0.0383. The van der Waals surface area contributed by atoms with Crippen molar-refractivity contribution in [1.82, 2.24) is 10.3 Å². The molecule has 4 heteroatoms. The quantitative estimate of drug-likeness (QED) is 0.938. The number of hydrogen-bond donors (Lipinski definition) is 1. The highest BCUT2D eigenvalue weighted by Gasteiger charge is 2.29. The van der Waals surface area contributed by atoms with Crippen LogP contribution in [0.4, 0.5) is 0 Å². The van der Waals surface area contributed by atoms with Gasteiger partial charge in [0, 0.05) is 24.0 Å². The van der Waals surface area contributed by atoms with Gasteiger partial charge in [-0.25, -0.2) is 0 Å². The Morgan fingerprint density at radius 3 is 2.75 bits per heavy atom. The molecule has 0 aliphatic heterocycles. The maximum Gasteiger partial charge on any atom is 0.230 e. The van der Waals surface area contributed by atoms with Crippen LogP contribution in [0.25, 0.3) is 0 Å². The molecule has 0 spiro atoms. The normalized spacial score (nSPS) is 11.2. The molecule has 104 valence electrons. The van der Waals surface area contributed by atoms with Crippen LogP contribution in [0, 0.1) is 0 Å². The number of pyridine rings is 1. The van der Waals surface area contributed by atoms with Gasteiger partial charge in [0.15, 0.2) is 0 Å². The number of hydrogen-bond acceptors (Lipinski definition) is 2. The van der Waals surface area contributed by atoms with Crippen molar-refractivity contribution in [2.75, 3.05) is 0 Å². The molecule has 1 N–H and O–H groups in total. The van der Waals surface area contributed by atoms with Crippen LogP contribution in [0.2, 0.25) is 5.02 Å². The highest BCUT2D eigenvalue weighted by molar-refractivity contribution is 6.30. The van der Waals surface area contributed by atoms with E-state index in [-0.39, 0.29) is 5.91 Å². The summed E-state index contributed by atoms with van der Waals surface area (Å²) in [7, 11) is 0. The van der Waals surface area contributed by atoms with Crippen molar-refractivity contribution in [3.63, 3.8) is 0 Å². The van der Waals surface area contributed by atoms with Gasteiger partial charge in [-0.15, -0.1) is 0 Å². The fraction of sp³-hybridized carbons (Fsp3) is 0.250. The second-order valence-electron chi connectivity index (χ2n) is 5.18. The highest BCUT2D eigenvalue weighted by Crippen LogP contribution is 2.25. The number of amides is 1. The fourth-order valence-electron chi connectivity index (χ4n) is 1.91. The summed E-state index contributed by atoms with van der Waals surface area (Å²) in [5.41, 5.74) is 1.24. The number of halogens is 1. The average Bonchev–Trinajstić information content (AvgIpc) is 2.45. The molecule has 3 nitrogen and oxygen atoms in total. The van der Waals surface area contributed by atoms with E-state index in [1.54, 1.807) is 18.5 Å². The molecule has 0 saturated heterocycles. The molecule has 1 aromatic carbocycles. The maximum atomic E-state index is 12.4. The lowest BCUT2D eigenvalue weighted by molar-refractivity contribution is -0.125. The Labute approximate surface area is 124 Å². The lowest BCUT2D eigenvalue weighted by Gasteiger charge is -2.24. The SMILES string of the molecule is CC(C)(C(=O)NCc1cccnc1)c1cccc(Cl)c1. The Bertz CT molecular complexity index is 596. The molecule has 0 aliphatic rings. The maximum absolute atomic E-state index is 12.4. The summed E-state index contributed by atoms with van der Waals surface area (Å²) in [6, 6.07) is 11.2. The molecule has 0 saturated carbocycles. The number of rotatable bonds is 4. The molecular weight excluding hydrogens is 272 g/mol. The first-order valence-corrected chi connectivity index (χ1v) is 6.81. The van der Waals surface area contributed by atoms with E-state index in [0.29, 0.717) is 11.6 Å². The zero-order valence-electron chi connectivity index (χ0n) is 11.6. The van der Waals surface area contributed by atoms with Crippen LogP contribution in [0.5, 0.6) is 0 Å². The van der Waals surface area contributed by atoms with Gasteiger partial charge in [0.05, 0.1) is 5.41 Å². The number of carbonyl (C=O) groups is 1. The zero-order chi connectivity index (χ0) is 14.6. The second-order valence-corrected chi connectivity index (χ2v) is 5.62. The first kappa shape index (κ1) is 14.5. The molecule has 0 bridgehead atoms. The van der Waals surface area contributed by atoms with E-state index in [2.05, 4.69) is 10.3 Å². The first-order chi connectivity index (χ1) is 9.50. The lowest BCUT2D eigenvalue weighted by atomic mass is 9.83. The molecule has 2 rings (SSSR count). The van der Waals surface area contributed by atoms with E-state index in [4.69, 9.17) is 11.6 Å². The average molecular weight is 289 g/mol. The molecule has 20 heavy (non-hydrogen) atoms. The smallest absolute Gasteiger partial charge is 0.230 e. The van der Waals surface area contributed by atoms with E-state index in [0.717, 1.165) is 11.1 Å². The zero-order valence-corrected chi connectivity index (χ0v) is 12.3. The van der Waals surface area contributed by atoms with Crippen molar-refractivity contribution in [3.8, 4) is 0 Å². The second kappa shape index (κ2) is 6.06. The summed E-state index contributed by atoms with van der Waals surface area (Å²) >= 11 is 5.99. The molecule has 1 aromatic heterocycles. The van der Waals surface area contributed by atoms with Crippen LogP contribution in [0.15, 0.2) is 48.8 Å². The van der Waals surface area contributed by atoms with Gasteiger partial charge in [0.1, 0.15) is 0 Å². The van der Waals surface area contributed by atoms with Crippen LogP contribution >= 0.6 is 11.6 Å². The monoisotopic (exact) mass is 288 g/mol. The molecular formula is C16H17ClN2O. The van der Waals surface area contributed by atoms with Crippen molar-refractivity contribution in [1.29, 1.82) is 0 Å². The van der Waals surface area contributed by atoms with E-state index in [9.17, 15) is 4.79 Å². The van der Waals surface area contributed by atoms with Crippen molar-refractivity contribution in [2.24, 2.45) is 0 Å². The number of aromatic nitrogens is 1. The minimum Gasteiger partial charge on any atom is -0.351 e. The van der Waals surface area contributed by atoms with Gasteiger partial charge in [0.2, 0.25) is 5.91 Å². The predicted octanol–water partition coefficient (Wildman–Crippen LogP) is 3.33. The molecule has 0 radical (unpaired) electrons. The van der Waals surface area contributed by atoms with Crippen LogP contribution in [0.3, 0.4) is 0 Å². The Morgan fingerprint density at radius 1 is 1.30 bits per heavy atom. The Hall–Kier alpha value is -1.87. The Morgan fingerprint density at radius 2 is 2.10 bits per heavy atom. The summed E-state index contributed by atoms with van der Waals surface area (Å²) in [6.45, 7) is 4.24. The van der Waals surface area contributed by atoms with Crippen LogP contribution in [0.1, 0.15) is 25.0 Å². The van der Waals surface area contributed by atoms with Crippen LogP contribution < -0.4 is 5.32 Å². The van der Waals surface area contributed by atoms with Gasteiger partial charge in [0.25, 0.3) is 0 Å². The summed E-state index contributed by atoms with van der Waals surface area (Å²) in [5, 5.41) is 3.57. The van der Waals surface area contributed by atoms with Crippen LogP contribution in [-0.4, -0.2) is 10.9 Å². The van der Waals surface area contributed by atoms with Crippen molar-refractivity contribution in [3.05, 3.63) is 64.9 Å². The summed E-state index contributed by atoms with van der Waals surface area (Å²) in [5.74, 6) is -0.0383. The summed E-state index contributed by atoms with van der Waals surface area (Å²) < 4.78 is 0. The number of carbonyl (C=O) groups excluding carboxylic acids is 1. The number of nitrogens with zero attached hydrogens (tertiary/aromatic N) is 1. The topological polar surface area (TPSA) is 42.0 Å². The molecule has 0 fully saturated rings. The van der Waals surface area contributed by atoms with Crippen molar-refractivity contribution < 1.29 is 4.79 Å². The molecule has 1 amide bonds. The number of nitrogens with one attached hydrogen (secondary N) is 1. The van der Waals surface area contributed by atoms with Gasteiger partial charge in [-0.05, 0) is 43.2 Å².